The van der Waals surface area contributed by atoms with Crippen molar-refractivity contribution in [2.24, 2.45) is 0 Å². The molecule has 0 saturated carbocycles. The molecule has 0 aliphatic carbocycles. The molecule has 1 atom stereocenters. The van der Waals surface area contributed by atoms with Gasteiger partial charge in [-0.25, -0.2) is 0 Å². The average molecular weight is 158 g/mol. The fourth-order valence-electron chi connectivity index (χ4n) is 1.67. The molecule has 1 heterocycles. The second kappa shape index (κ2) is 3.55. The first-order chi connectivity index (χ1) is 5.14. The molecule has 0 radical (unpaired) electrons. The molecule has 0 aromatic rings. The molecule has 1 aliphatic rings. The van der Waals surface area contributed by atoms with Crippen LogP contribution in [0.3, 0.4) is 0 Å². The molecular formula is C9H18O2. The first-order valence-corrected chi connectivity index (χ1v) is 4.43. The van der Waals surface area contributed by atoms with E-state index in [4.69, 9.17) is 9.84 Å². The largest absolute Gasteiger partial charge is 0.396 e. The van der Waals surface area contributed by atoms with Crippen molar-refractivity contribution >= 4 is 0 Å². The fourth-order valence-corrected chi connectivity index (χ4v) is 1.67. The summed E-state index contributed by atoms with van der Waals surface area (Å²) in [5, 5.41) is 8.71. The van der Waals surface area contributed by atoms with Crippen LogP contribution in [0.2, 0.25) is 0 Å². The van der Waals surface area contributed by atoms with E-state index in [1.807, 2.05) is 0 Å². The maximum atomic E-state index is 8.71. The van der Waals surface area contributed by atoms with Gasteiger partial charge in [0, 0.05) is 6.61 Å². The summed E-state index contributed by atoms with van der Waals surface area (Å²) in [4.78, 5) is 0. The van der Waals surface area contributed by atoms with Crippen LogP contribution in [0.5, 0.6) is 0 Å². The standard InChI is InChI=1S/C9H18O2/c1-9(2)6-3-4-8(11-9)5-7-10/h8,10H,3-7H2,1-2H3. The Hall–Kier alpha value is -0.0800. The maximum absolute atomic E-state index is 8.71. The van der Waals surface area contributed by atoms with Crippen LogP contribution in [-0.4, -0.2) is 23.4 Å². The molecule has 66 valence electrons. The van der Waals surface area contributed by atoms with Crippen molar-refractivity contribution in [3.63, 3.8) is 0 Å². The van der Waals surface area contributed by atoms with E-state index in [0.717, 1.165) is 19.3 Å². The normalized spacial score (nSPS) is 30.3. The molecule has 11 heavy (non-hydrogen) atoms. The lowest BCUT2D eigenvalue weighted by Crippen LogP contribution is -2.35. The third kappa shape index (κ3) is 2.80. The van der Waals surface area contributed by atoms with E-state index >= 15 is 0 Å². The van der Waals surface area contributed by atoms with Crippen molar-refractivity contribution < 1.29 is 9.84 Å². The quantitative estimate of drug-likeness (QED) is 0.663. The molecule has 1 unspecified atom stereocenters. The van der Waals surface area contributed by atoms with Gasteiger partial charge in [-0.3, -0.25) is 0 Å². The van der Waals surface area contributed by atoms with Crippen molar-refractivity contribution in [1.82, 2.24) is 0 Å². The molecule has 2 nitrogen and oxygen atoms in total. The Labute approximate surface area is 68.6 Å². The Balaban J connectivity index is 2.34. The fraction of sp³-hybridized carbons (Fsp3) is 1.00. The lowest BCUT2D eigenvalue weighted by molar-refractivity contribution is -0.112. The molecule has 0 spiro atoms. The maximum Gasteiger partial charge on any atom is 0.0630 e. The van der Waals surface area contributed by atoms with Crippen molar-refractivity contribution in [2.75, 3.05) is 6.61 Å². The molecule has 0 aromatic carbocycles. The van der Waals surface area contributed by atoms with E-state index in [-0.39, 0.29) is 12.2 Å². The molecule has 2 heteroatoms. The Kier molecular flexibility index (Phi) is 2.90. The molecule has 0 amide bonds. The summed E-state index contributed by atoms with van der Waals surface area (Å²) < 4.78 is 5.75. The molecular weight excluding hydrogens is 140 g/mol. The van der Waals surface area contributed by atoms with E-state index in [1.54, 1.807) is 0 Å². The highest BCUT2D eigenvalue weighted by atomic mass is 16.5. The molecule has 1 aliphatic heterocycles. The van der Waals surface area contributed by atoms with Crippen molar-refractivity contribution in [3.8, 4) is 0 Å². The number of hydrogen-bond acceptors (Lipinski definition) is 2. The van der Waals surface area contributed by atoms with Crippen LogP contribution >= 0.6 is 0 Å². The minimum atomic E-state index is 0.0398. The van der Waals surface area contributed by atoms with E-state index in [0.29, 0.717) is 6.10 Å². The number of rotatable bonds is 2. The number of aliphatic hydroxyl groups is 1. The second-order valence-electron chi connectivity index (χ2n) is 3.90. The summed E-state index contributed by atoms with van der Waals surface area (Å²) in [5.41, 5.74) is 0.0398. The minimum absolute atomic E-state index is 0.0398. The number of hydrogen-bond donors (Lipinski definition) is 1. The summed E-state index contributed by atoms with van der Waals surface area (Å²) in [5.74, 6) is 0. The Morgan fingerprint density at radius 2 is 2.27 bits per heavy atom. The van der Waals surface area contributed by atoms with Gasteiger partial charge in [-0.2, -0.15) is 0 Å². The average Bonchev–Trinajstić information content (AvgIpc) is 1.85. The van der Waals surface area contributed by atoms with E-state index < -0.39 is 0 Å². The van der Waals surface area contributed by atoms with Crippen molar-refractivity contribution in [3.05, 3.63) is 0 Å². The van der Waals surface area contributed by atoms with Gasteiger partial charge in [0.25, 0.3) is 0 Å². The summed E-state index contributed by atoms with van der Waals surface area (Å²) in [6, 6.07) is 0. The summed E-state index contributed by atoms with van der Waals surface area (Å²) in [6.07, 6.45) is 4.59. The van der Waals surface area contributed by atoms with Gasteiger partial charge in [0.1, 0.15) is 0 Å². The number of aliphatic hydroxyl groups excluding tert-OH is 1. The van der Waals surface area contributed by atoms with Crippen LogP contribution < -0.4 is 0 Å². The van der Waals surface area contributed by atoms with E-state index in [9.17, 15) is 0 Å². The van der Waals surface area contributed by atoms with Crippen LogP contribution in [0.25, 0.3) is 0 Å². The third-order valence-corrected chi connectivity index (χ3v) is 2.24. The smallest absolute Gasteiger partial charge is 0.0630 e. The zero-order valence-corrected chi connectivity index (χ0v) is 7.47. The van der Waals surface area contributed by atoms with Gasteiger partial charge in [-0.1, -0.05) is 0 Å². The Morgan fingerprint density at radius 1 is 1.55 bits per heavy atom. The van der Waals surface area contributed by atoms with Gasteiger partial charge in [0.15, 0.2) is 0 Å². The first-order valence-electron chi connectivity index (χ1n) is 4.43. The first kappa shape index (κ1) is 9.01. The molecule has 0 aromatic heterocycles. The van der Waals surface area contributed by atoms with Gasteiger partial charge in [0.2, 0.25) is 0 Å². The van der Waals surface area contributed by atoms with Crippen LogP contribution in [-0.2, 0) is 4.74 Å². The molecule has 1 rings (SSSR count). The highest BCUT2D eigenvalue weighted by Gasteiger charge is 2.27. The van der Waals surface area contributed by atoms with Crippen LogP contribution in [0.15, 0.2) is 0 Å². The van der Waals surface area contributed by atoms with Crippen LogP contribution in [0, 0.1) is 0 Å². The molecule has 1 fully saturated rings. The van der Waals surface area contributed by atoms with Crippen molar-refractivity contribution in [1.29, 1.82) is 0 Å². The van der Waals surface area contributed by atoms with Crippen molar-refractivity contribution in [2.45, 2.75) is 51.2 Å². The van der Waals surface area contributed by atoms with E-state index in [1.165, 1.54) is 6.42 Å². The van der Waals surface area contributed by atoms with Crippen LogP contribution in [0.1, 0.15) is 39.5 Å². The van der Waals surface area contributed by atoms with E-state index in [2.05, 4.69) is 13.8 Å². The van der Waals surface area contributed by atoms with Gasteiger partial charge >= 0.3 is 0 Å². The molecule has 0 bridgehead atoms. The summed E-state index contributed by atoms with van der Waals surface area (Å²) >= 11 is 0. The van der Waals surface area contributed by atoms with Gasteiger partial charge in [-0.15, -0.1) is 0 Å². The topological polar surface area (TPSA) is 29.5 Å². The predicted octanol–water partition coefficient (Wildman–Crippen LogP) is 1.72. The van der Waals surface area contributed by atoms with Gasteiger partial charge in [-0.05, 0) is 39.5 Å². The minimum Gasteiger partial charge on any atom is -0.396 e. The summed E-state index contributed by atoms with van der Waals surface area (Å²) in [6.45, 7) is 4.49. The lowest BCUT2D eigenvalue weighted by Gasteiger charge is -2.35. The zero-order chi connectivity index (χ0) is 8.32. The highest BCUT2D eigenvalue weighted by Crippen LogP contribution is 2.28. The third-order valence-electron chi connectivity index (χ3n) is 2.24. The monoisotopic (exact) mass is 158 g/mol. The Morgan fingerprint density at radius 3 is 2.82 bits per heavy atom. The van der Waals surface area contributed by atoms with Gasteiger partial charge in [0.05, 0.1) is 11.7 Å². The Bertz CT molecular complexity index is 119. The zero-order valence-electron chi connectivity index (χ0n) is 7.47. The highest BCUT2D eigenvalue weighted by molar-refractivity contribution is 4.77. The summed E-state index contributed by atoms with van der Waals surface area (Å²) in [7, 11) is 0. The number of ether oxygens (including phenoxy) is 1. The lowest BCUT2D eigenvalue weighted by atomic mass is 9.94. The van der Waals surface area contributed by atoms with Gasteiger partial charge < -0.3 is 9.84 Å². The second-order valence-corrected chi connectivity index (χ2v) is 3.90. The molecule has 1 saturated heterocycles. The predicted molar refractivity (Wildman–Crippen MR) is 44.5 cm³/mol. The molecule has 1 N–H and O–H groups in total. The SMILES string of the molecule is CC1(C)CCCC(CCO)O1. The van der Waals surface area contributed by atoms with Crippen LogP contribution in [0.4, 0.5) is 0 Å².